The maximum Gasteiger partial charge on any atom is 0.0422 e. The van der Waals surface area contributed by atoms with Gasteiger partial charge in [-0.25, -0.2) is 0 Å². The molecule has 0 aliphatic carbocycles. The summed E-state index contributed by atoms with van der Waals surface area (Å²) in [5.74, 6) is 0. The summed E-state index contributed by atoms with van der Waals surface area (Å²) >= 11 is 0. The molecule has 0 radical (unpaired) electrons. The van der Waals surface area contributed by atoms with Crippen LogP contribution >= 0.6 is 0 Å². The average molecular weight is 243 g/mol. The molecule has 0 amide bonds. The first kappa shape index (κ1) is 12.7. The molecule has 3 heteroatoms. The number of fused-ring (bicyclic) bond motifs is 1. The number of nitrogens with one attached hydrogen (secondary N) is 1. The maximum absolute atomic E-state index is 5.97. The van der Waals surface area contributed by atoms with E-state index >= 15 is 0 Å². The molecule has 18 heavy (non-hydrogen) atoms. The van der Waals surface area contributed by atoms with Crippen LogP contribution in [0.4, 0.5) is 11.4 Å². The van der Waals surface area contributed by atoms with Crippen LogP contribution in [0.5, 0.6) is 0 Å². The molecule has 2 rings (SSSR count). The number of aromatic nitrogens is 1. The first-order valence-electron chi connectivity index (χ1n) is 6.39. The minimum absolute atomic E-state index is 0.292. The molecule has 1 aromatic carbocycles. The van der Waals surface area contributed by atoms with Crippen molar-refractivity contribution < 1.29 is 0 Å². The highest BCUT2D eigenvalue weighted by Gasteiger charge is 2.15. The summed E-state index contributed by atoms with van der Waals surface area (Å²) in [5, 5.41) is 5.67. The molecule has 2 aromatic rings. The Bertz CT molecular complexity index is 546. The molecule has 1 aromatic heterocycles. The maximum atomic E-state index is 5.97. The van der Waals surface area contributed by atoms with Gasteiger partial charge in [0.2, 0.25) is 0 Å². The lowest BCUT2D eigenvalue weighted by atomic mass is 9.90. The molecule has 0 fully saturated rings. The molecule has 0 aliphatic heterocycles. The van der Waals surface area contributed by atoms with Crippen molar-refractivity contribution >= 4 is 22.1 Å². The number of hydrogen-bond donors (Lipinski definition) is 2. The molecule has 3 N–H and O–H groups in total. The predicted molar refractivity (Wildman–Crippen MR) is 78.7 cm³/mol. The number of rotatable bonds is 4. The van der Waals surface area contributed by atoms with E-state index in [4.69, 9.17) is 5.73 Å². The number of benzene rings is 1. The van der Waals surface area contributed by atoms with E-state index in [0.717, 1.165) is 35.1 Å². The van der Waals surface area contributed by atoms with Crippen LogP contribution in [0.15, 0.2) is 30.6 Å². The number of hydrogen-bond acceptors (Lipinski definition) is 3. The van der Waals surface area contributed by atoms with E-state index in [1.54, 1.807) is 6.20 Å². The Hall–Kier alpha value is -1.77. The number of nitrogen functional groups attached to an aromatic ring is 1. The van der Waals surface area contributed by atoms with Crippen molar-refractivity contribution in [3.05, 3.63) is 30.6 Å². The van der Waals surface area contributed by atoms with Crippen LogP contribution in [-0.4, -0.2) is 11.5 Å². The number of nitrogens with zero attached hydrogens (tertiary/aromatic N) is 1. The van der Waals surface area contributed by atoms with Gasteiger partial charge in [0.05, 0.1) is 0 Å². The van der Waals surface area contributed by atoms with E-state index in [9.17, 15) is 0 Å². The number of anilines is 2. The molecule has 96 valence electrons. The summed E-state index contributed by atoms with van der Waals surface area (Å²) in [6.45, 7) is 7.69. The number of nitrogens with two attached hydrogens (primary N) is 1. The fourth-order valence-corrected chi connectivity index (χ4v) is 1.83. The molecular formula is C15H21N3. The van der Waals surface area contributed by atoms with E-state index in [1.807, 2.05) is 24.4 Å². The van der Waals surface area contributed by atoms with Crippen molar-refractivity contribution in [1.29, 1.82) is 0 Å². The summed E-state index contributed by atoms with van der Waals surface area (Å²) in [7, 11) is 0. The Morgan fingerprint density at radius 2 is 2.00 bits per heavy atom. The van der Waals surface area contributed by atoms with Crippen LogP contribution in [0.3, 0.4) is 0 Å². The van der Waals surface area contributed by atoms with Crippen LogP contribution < -0.4 is 11.1 Å². The normalized spacial score (nSPS) is 11.7. The molecule has 0 spiro atoms. The molecule has 0 atom stereocenters. The molecule has 0 bridgehead atoms. The SMILES string of the molecule is CCC(C)(C)CNc1ccc(N)c2cnccc12. The van der Waals surface area contributed by atoms with E-state index in [-0.39, 0.29) is 0 Å². The quantitative estimate of drug-likeness (QED) is 0.806. The van der Waals surface area contributed by atoms with Crippen molar-refractivity contribution in [3.63, 3.8) is 0 Å². The van der Waals surface area contributed by atoms with Crippen molar-refractivity contribution in [2.75, 3.05) is 17.6 Å². The largest absolute Gasteiger partial charge is 0.398 e. The zero-order chi connectivity index (χ0) is 13.2. The second kappa shape index (κ2) is 4.84. The minimum atomic E-state index is 0.292. The van der Waals surface area contributed by atoms with Crippen LogP contribution in [-0.2, 0) is 0 Å². The van der Waals surface area contributed by atoms with Gasteiger partial charge >= 0.3 is 0 Å². The summed E-state index contributed by atoms with van der Waals surface area (Å²) < 4.78 is 0. The van der Waals surface area contributed by atoms with E-state index < -0.39 is 0 Å². The molecule has 0 saturated heterocycles. The van der Waals surface area contributed by atoms with Gasteiger partial charge in [-0.2, -0.15) is 0 Å². The van der Waals surface area contributed by atoms with E-state index in [0.29, 0.717) is 5.41 Å². The highest BCUT2D eigenvalue weighted by molar-refractivity contribution is 6.00. The Labute approximate surface area is 108 Å². The standard InChI is InChI=1S/C15H21N3/c1-4-15(2,3)10-18-14-6-5-13(16)12-9-17-8-7-11(12)14/h5-9,18H,4,10,16H2,1-3H3. The summed E-state index contributed by atoms with van der Waals surface area (Å²) in [6.07, 6.45) is 4.77. The topological polar surface area (TPSA) is 50.9 Å². The number of pyridine rings is 1. The summed E-state index contributed by atoms with van der Waals surface area (Å²) in [6, 6.07) is 5.99. The lowest BCUT2D eigenvalue weighted by Gasteiger charge is -2.24. The first-order valence-corrected chi connectivity index (χ1v) is 6.39. The Morgan fingerprint density at radius 1 is 1.22 bits per heavy atom. The average Bonchev–Trinajstić information content (AvgIpc) is 2.38. The van der Waals surface area contributed by atoms with E-state index in [2.05, 4.69) is 31.1 Å². The molecular weight excluding hydrogens is 222 g/mol. The van der Waals surface area contributed by atoms with Crippen molar-refractivity contribution in [3.8, 4) is 0 Å². The highest BCUT2D eigenvalue weighted by atomic mass is 14.9. The first-order chi connectivity index (χ1) is 8.53. The Morgan fingerprint density at radius 3 is 2.72 bits per heavy atom. The highest BCUT2D eigenvalue weighted by Crippen LogP contribution is 2.29. The van der Waals surface area contributed by atoms with Crippen LogP contribution in [0, 0.1) is 5.41 Å². The van der Waals surface area contributed by atoms with Gasteiger partial charge in [-0.1, -0.05) is 20.8 Å². The Balaban J connectivity index is 2.32. The zero-order valence-electron chi connectivity index (χ0n) is 11.3. The van der Waals surface area contributed by atoms with Crippen LogP contribution in [0.25, 0.3) is 10.8 Å². The molecule has 0 saturated carbocycles. The molecule has 3 nitrogen and oxygen atoms in total. The van der Waals surface area contributed by atoms with Gasteiger partial charge in [0.1, 0.15) is 0 Å². The fourth-order valence-electron chi connectivity index (χ4n) is 1.83. The van der Waals surface area contributed by atoms with Crippen LogP contribution in [0.1, 0.15) is 27.2 Å². The van der Waals surface area contributed by atoms with Gasteiger partial charge in [-0.05, 0) is 30.0 Å². The third kappa shape index (κ3) is 2.55. The third-order valence-corrected chi connectivity index (χ3v) is 3.57. The molecule has 0 aliphatic rings. The van der Waals surface area contributed by atoms with Gasteiger partial charge in [-0.15, -0.1) is 0 Å². The van der Waals surface area contributed by atoms with E-state index in [1.165, 1.54) is 0 Å². The van der Waals surface area contributed by atoms with Crippen molar-refractivity contribution in [2.24, 2.45) is 5.41 Å². The zero-order valence-corrected chi connectivity index (χ0v) is 11.3. The third-order valence-electron chi connectivity index (χ3n) is 3.57. The van der Waals surface area contributed by atoms with Gasteiger partial charge in [0, 0.05) is 41.1 Å². The second-order valence-corrected chi connectivity index (χ2v) is 5.49. The van der Waals surface area contributed by atoms with Crippen molar-refractivity contribution in [1.82, 2.24) is 4.98 Å². The Kier molecular flexibility index (Phi) is 3.41. The lowest BCUT2D eigenvalue weighted by molar-refractivity contribution is 0.377. The minimum Gasteiger partial charge on any atom is -0.398 e. The van der Waals surface area contributed by atoms with Crippen molar-refractivity contribution in [2.45, 2.75) is 27.2 Å². The summed E-state index contributed by atoms with van der Waals surface area (Å²) in [4.78, 5) is 4.13. The van der Waals surface area contributed by atoms with Gasteiger partial charge in [-0.3, -0.25) is 4.98 Å². The monoisotopic (exact) mass is 243 g/mol. The molecule has 0 unspecified atom stereocenters. The van der Waals surface area contributed by atoms with Gasteiger partial charge < -0.3 is 11.1 Å². The van der Waals surface area contributed by atoms with Crippen LogP contribution in [0.2, 0.25) is 0 Å². The summed E-state index contributed by atoms with van der Waals surface area (Å²) in [5.41, 5.74) is 8.16. The predicted octanol–water partition coefficient (Wildman–Crippen LogP) is 3.67. The molecule has 1 heterocycles. The second-order valence-electron chi connectivity index (χ2n) is 5.49. The fraction of sp³-hybridized carbons (Fsp3) is 0.400. The van der Waals surface area contributed by atoms with Gasteiger partial charge in [0.25, 0.3) is 0 Å². The van der Waals surface area contributed by atoms with Gasteiger partial charge in [0.15, 0.2) is 0 Å². The lowest BCUT2D eigenvalue weighted by Crippen LogP contribution is -2.22. The smallest absolute Gasteiger partial charge is 0.0422 e.